The number of pyridine rings is 1. The van der Waals surface area contributed by atoms with Crippen LogP contribution in [-0.2, 0) is 48.8 Å². The number of nitrogens with zero attached hydrogens (tertiary/aromatic N) is 1. The van der Waals surface area contributed by atoms with Gasteiger partial charge in [0, 0.05) is 43.9 Å². The van der Waals surface area contributed by atoms with Crippen molar-refractivity contribution in [2.24, 2.45) is 0 Å². The van der Waals surface area contributed by atoms with Gasteiger partial charge in [0.2, 0.25) is 11.0 Å². The Hall–Kier alpha value is -3.98. The number of carbonyl (C=O) groups is 2. The maximum atomic E-state index is 14.2. The molecule has 4 aromatic rings. The summed E-state index contributed by atoms with van der Waals surface area (Å²) in [5.74, 6) is -2.14. The van der Waals surface area contributed by atoms with Gasteiger partial charge in [-0.2, -0.15) is 13.0 Å². The van der Waals surface area contributed by atoms with Gasteiger partial charge in [-0.05, 0) is 24.3 Å². The molecule has 0 bridgehead atoms. The molecule has 4 rings (SSSR count). The molecule has 0 aliphatic heterocycles. The molecular weight excluding hydrogens is 606 g/mol. The number of carboxylic acids is 1. The van der Waals surface area contributed by atoms with Crippen LogP contribution >= 0.6 is 0 Å². The Bertz CT molecular complexity index is 1680. The van der Waals surface area contributed by atoms with Gasteiger partial charge in [0.05, 0.1) is 67.3 Å². The number of aromatic carboxylic acids is 1. The summed E-state index contributed by atoms with van der Waals surface area (Å²) < 4.78 is 61.6. The van der Waals surface area contributed by atoms with Gasteiger partial charge in [-0.3, -0.25) is 4.55 Å². The third-order valence-electron chi connectivity index (χ3n) is 6.98. The number of hydrogen-bond acceptors (Lipinski definition) is 9. The van der Waals surface area contributed by atoms with Crippen LogP contribution in [0.3, 0.4) is 0 Å². The fourth-order valence-corrected chi connectivity index (χ4v) is 5.49. The number of esters is 1. The zero-order valence-corrected chi connectivity index (χ0v) is 25.9. The van der Waals surface area contributed by atoms with Gasteiger partial charge >= 0.3 is 11.9 Å². The number of carbonyl (C=O) groups excluding carboxylic acids is 1. The lowest BCUT2D eigenvalue weighted by molar-refractivity contribution is -0.645. The van der Waals surface area contributed by atoms with Gasteiger partial charge in [0.25, 0.3) is 10.1 Å². The minimum absolute atomic E-state index is 0.0213. The van der Waals surface area contributed by atoms with Crippen LogP contribution in [0.15, 0.2) is 60.7 Å². The number of hydrogen-bond donors (Lipinski definition) is 2. The summed E-state index contributed by atoms with van der Waals surface area (Å²) in [5, 5.41) is 10.9. The zero-order chi connectivity index (χ0) is 32.4. The molecule has 1 aromatic heterocycles. The molecule has 2 N–H and O–H groups in total. The Morgan fingerprint density at radius 1 is 0.800 bits per heavy atom. The largest absolute Gasteiger partial charge is 0.478 e. The van der Waals surface area contributed by atoms with Crippen LogP contribution in [0.1, 0.15) is 38.3 Å². The number of para-hydroxylation sites is 2. The van der Waals surface area contributed by atoms with Gasteiger partial charge in [0.15, 0.2) is 6.54 Å². The van der Waals surface area contributed by atoms with Crippen molar-refractivity contribution in [1.82, 2.24) is 0 Å². The highest BCUT2D eigenvalue weighted by Gasteiger charge is 2.27. The Morgan fingerprint density at radius 3 is 1.78 bits per heavy atom. The fourth-order valence-electron chi connectivity index (χ4n) is 5.00. The molecule has 0 saturated carbocycles. The average molecular weight is 643 g/mol. The zero-order valence-electron chi connectivity index (χ0n) is 25.1. The minimum Gasteiger partial charge on any atom is -0.478 e. The second-order valence-corrected chi connectivity index (χ2v) is 11.7. The highest BCUT2D eigenvalue weighted by Crippen LogP contribution is 2.32. The number of aryl methyl sites for hydroxylation is 1. The van der Waals surface area contributed by atoms with E-state index in [9.17, 15) is 27.7 Å². The molecule has 1 heterocycles. The van der Waals surface area contributed by atoms with Crippen molar-refractivity contribution >= 4 is 43.9 Å². The number of aromatic nitrogens is 1. The molecule has 0 amide bonds. The quantitative estimate of drug-likeness (QED) is 0.0431. The van der Waals surface area contributed by atoms with Crippen molar-refractivity contribution in [3.05, 3.63) is 82.9 Å². The van der Waals surface area contributed by atoms with Crippen molar-refractivity contribution in [1.29, 1.82) is 0 Å². The molecule has 0 atom stereocenters. The first-order valence-corrected chi connectivity index (χ1v) is 15.8. The first-order valence-electron chi connectivity index (χ1n) is 14.2. The van der Waals surface area contributed by atoms with Crippen molar-refractivity contribution in [3.8, 4) is 5.75 Å². The average Bonchev–Trinajstić information content (AvgIpc) is 3.01. The standard InChI is InChI=1S/C32H35NO11S/c1-40-13-15-42-20-23-18-22(31(34)35)19-24(21-43-16-14-41-2)30(23)44-32(36)29-25-8-3-5-10-27(25)33(12-7-17-45(37,38)39)28-11-6-4-9-26(28)29/h3-6,8-11,18-19H,7,12-17,20-21H2,1-2H3,(H-,34,35,37,38,39)/p+1. The van der Waals surface area contributed by atoms with Crippen LogP contribution < -0.4 is 9.30 Å². The highest BCUT2D eigenvalue weighted by atomic mass is 32.2. The number of benzene rings is 3. The molecule has 0 spiro atoms. The molecule has 13 heteroatoms. The van der Waals surface area contributed by atoms with Crippen LogP contribution in [0, 0.1) is 0 Å². The van der Waals surface area contributed by atoms with Crippen LogP contribution in [0.2, 0.25) is 0 Å². The molecule has 240 valence electrons. The first kappa shape index (κ1) is 33.9. The number of ether oxygens (including phenoxy) is 5. The maximum absolute atomic E-state index is 14.2. The normalized spacial score (nSPS) is 11.7. The van der Waals surface area contributed by atoms with E-state index in [2.05, 4.69) is 0 Å². The van der Waals surface area contributed by atoms with Crippen molar-refractivity contribution in [2.75, 3.05) is 46.4 Å². The summed E-state index contributed by atoms with van der Waals surface area (Å²) >= 11 is 0. The third kappa shape index (κ3) is 8.81. The molecule has 0 aliphatic carbocycles. The van der Waals surface area contributed by atoms with E-state index in [1.807, 2.05) is 16.7 Å². The summed E-state index contributed by atoms with van der Waals surface area (Å²) in [5.41, 5.74) is 2.25. The topological polar surface area (TPSA) is 159 Å². The Labute approximate surface area is 260 Å². The van der Waals surface area contributed by atoms with E-state index in [1.54, 1.807) is 36.4 Å². The van der Waals surface area contributed by atoms with E-state index in [0.29, 0.717) is 46.1 Å². The van der Waals surface area contributed by atoms with Gasteiger partial charge < -0.3 is 28.8 Å². The number of carboxylic acid groups (broad SMARTS) is 1. The molecule has 0 radical (unpaired) electrons. The van der Waals surface area contributed by atoms with Crippen LogP contribution in [-0.4, -0.2) is 76.4 Å². The maximum Gasteiger partial charge on any atom is 0.345 e. The first-order chi connectivity index (χ1) is 21.6. The molecular formula is C32H36NO11S+. The summed E-state index contributed by atoms with van der Waals surface area (Å²) in [7, 11) is -1.09. The van der Waals surface area contributed by atoms with E-state index < -0.39 is 27.8 Å². The predicted octanol–water partition coefficient (Wildman–Crippen LogP) is 3.80. The van der Waals surface area contributed by atoms with Gasteiger partial charge in [0.1, 0.15) is 5.75 Å². The Morgan fingerprint density at radius 2 is 1.31 bits per heavy atom. The number of methoxy groups -OCH3 is 2. The minimum atomic E-state index is -4.15. The fraction of sp³-hybridized carbons (Fsp3) is 0.344. The highest BCUT2D eigenvalue weighted by molar-refractivity contribution is 7.85. The smallest absolute Gasteiger partial charge is 0.345 e. The second-order valence-electron chi connectivity index (χ2n) is 10.1. The third-order valence-corrected chi connectivity index (χ3v) is 7.78. The lowest BCUT2D eigenvalue weighted by Crippen LogP contribution is -2.37. The molecule has 0 saturated heterocycles. The van der Waals surface area contributed by atoms with Crippen molar-refractivity contribution in [3.63, 3.8) is 0 Å². The van der Waals surface area contributed by atoms with Crippen LogP contribution in [0.4, 0.5) is 0 Å². The molecule has 45 heavy (non-hydrogen) atoms. The number of rotatable bonds is 17. The summed E-state index contributed by atoms with van der Waals surface area (Å²) in [6, 6.07) is 17.2. The monoisotopic (exact) mass is 642 g/mol. The molecule has 0 unspecified atom stereocenters. The lowest BCUT2D eigenvalue weighted by atomic mass is 10.0. The number of fused-ring (bicyclic) bond motifs is 2. The summed E-state index contributed by atoms with van der Waals surface area (Å²) in [4.78, 5) is 26.2. The molecule has 12 nitrogen and oxygen atoms in total. The van der Waals surface area contributed by atoms with Crippen LogP contribution in [0.5, 0.6) is 5.75 Å². The Balaban J connectivity index is 1.82. The van der Waals surface area contributed by atoms with Crippen LogP contribution in [0.25, 0.3) is 21.8 Å². The van der Waals surface area contributed by atoms with Crippen molar-refractivity contribution in [2.45, 2.75) is 26.2 Å². The second kappa shape index (κ2) is 15.8. The van der Waals surface area contributed by atoms with E-state index in [1.165, 1.54) is 26.4 Å². The van der Waals surface area contributed by atoms with E-state index in [0.717, 1.165) is 0 Å². The molecule has 3 aromatic carbocycles. The SMILES string of the molecule is COCCOCc1cc(C(=O)O)cc(COCCOC)c1OC(=O)c1c2ccccc2[n+](CCCS(=O)(=O)O)c2ccccc12. The predicted molar refractivity (Wildman–Crippen MR) is 164 cm³/mol. The molecule has 0 fully saturated rings. The van der Waals surface area contributed by atoms with E-state index in [-0.39, 0.29) is 56.3 Å². The summed E-state index contributed by atoms with van der Waals surface area (Å²) in [6.45, 7) is 1.24. The summed E-state index contributed by atoms with van der Waals surface area (Å²) in [6.07, 6.45) is 0.149. The lowest BCUT2D eigenvalue weighted by Gasteiger charge is -2.18. The van der Waals surface area contributed by atoms with Crippen molar-refractivity contribution < 1.29 is 55.9 Å². The van der Waals surface area contributed by atoms with E-state index >= 15 is 0 Å². The van der Waals surface area contributed by atoms with Gasteiger partial charge in [-0.15, -0.1) is 0 Å². The van der Waals surface area contributed by atoms with E-state index in [4.69, 9.17) is 23.7 Å². The molecule has 0 aliphatic rings. The van der Waals surface area contributed by atoms with Gasteiger partial charge in [-0.1, -0.05) is 24.3 Å². The van der Waals surface area contributed by atoms with Gasteiger partial charge in [-0.25, -0.2) is 9.59 Å². The Kier molecular flexibility index (Phi) is 11.9.